The summed E-state index contributed by atoms with van der Waals surface area (Å²) in [7, 11) is 0. The highest BCUT2D eigenvalue weighted by molar-refractivity contribution is 5.97. The van der Waals surface area contributed by atoms with E-state index in [2.05, 4.69) is 5.32 Å². The summed E-state index contributed by atoms with van der Waals surface area (Å²) in [5.41, 5.74) is 7.12. The van der Waals surface area contributed by atoms with Crippen LogP contribution in [0.4, 0.5) is 5.69 Å². The maximum Gasteiger partial charge on any atom is 0.162 e. The van der Waals surface area contributed by atoms with E-state index >= 15 is 0 Å². The maximum atomic E-state index is 11.5. The topological polar surface area (TPSA) is 64.4 Å². The first-order chi connectivity index (χ1) is 7.61. The van der Waals surface area contributed by atoms with E-state index in [1.54, 1.807) is 25.1 Å². The molecule has 3 N–H and O–H groups in total. The molecule has 4 heteroatoms. The molecule has 0 saturated carbocycles. The van der Waals surface area contributed by atoms with Gasteiger partial charge in [-0.05, 0) is 25.1 Å². The Kier molecular flexibility index (Phi) is 2.56. The lowest BCUT2D eigenvalue weighted by Gasteiger charge is -2.21. The van der Waals surface area contributed by atoms with Crippen LogP contribution in [0.1, 0.15) is 30.6 Å². The van der Waals surface area contributed by atoms with Crippen LogP contribution in [0.15, 0.2) is 29.8 Å². The summed E-state index contributed by atoms with van der Waals surface area (Å²) in [6, 6.07) is 5.31. The normalized spacial score (nSPS) is 13.9. The van der Waals surface area contributed by atoms with E-state index < -0.39 is 0 Å². The van der Waals surface area contributed by atoms with Gasteiger partial charge in [0.2, 0.25) is 0 Å². The molecule has 4 nitrogen and oxygen atoms in total. The predicted octanol–water partition coefficient (Wildman–Crippen LogP) is 2.23. The number of anilines is 1. The van der Waals surface area contributed by atoms with Crippen molar-refractivity contribution in [2.75, 3.05) is 5.32 Å². The lowest BCUT2D eigenvalue weighted by atomic mass is 10.1. The number of nitrogens with one attached hydrogen (secondary N) is 1. The molecule has 0 spiro atoms. The summed E-state index contributed by atoms with van der Waals surface area (Å²) in [6.45, 7) is 3.63. The molecule has 0 radical (unpaired) electrons. The molecule has 0 bridgehead atoms. The van der Waals surface area contributed by atoms with Gasteiger partial charge in [-0.3, -0.25) is 4.79 Å². The van der Waals surface area contributed by atoms with Crippen LogP contribution in [0.25, 0.3) is 0 Å². The van der Waals surface area contributed by atoms with E-state index in [0.29, 0.717) is 29.3 Å². The Morgan fingerprint density at radius 1 is 1.50 bits per heavy atom. The number of carbonyl (C=O) groups is 1. The molecule has 1 aromatic carbocycles. The van der Waals surface area contributed by atoms with Crippen molar-refractivity contribution in [3.63, 3.8) is 0 Å². The molecule has 0 amide bonds. The van der Waals surface area contributed by atoms with Gasteiger partial charge in [-0.25, -0.2) is 0 Å². The van der Waals surface area contributed by atoms with Gasteiger partial charge < -0.3 is 15.8 Å². The highest BCUT2D eigenvalue weighted by atomic mass is 16.5. The zero-order valence-electron chi connectivity index (χ0n) is 9.33. The molecule has 0 atom stereocenters. The molecular weight excluding hydrogens is 204 g/mol. The second kappa shape index (κ2) is 3.89. The van der Waals surface area contributed by atoms with E-state index in [-0.39, 0.29) is 5.78 Å². The van der Waals surface area contributed by atoms with Crippen LogP contribution in [0.3, 0.4) is 0 Å². The summed E-state index contributed by atoms with van der Waals surface area (Å²) in [6.07, 6.45) is 0.490. The lowest BCUT2D eigenvalue weighted by molar-refractivity contribution is 0.0988. The zero-order valence-corrected chi connectivity index (χ0v) is 9.33. The average Bonchev–Trinajstić information content (AvgIpc) is 2.29. The van der Waals surface area contributed by atoms with Gasteiger partial charge in [0, 0.05) is 12.0 Å². The summed E-state index contributed by atoms with van der Waals surface area (Å²) < 4.78 is 5.49. The molecule has 1 heterocycles. The molecule has 1 aromatic rings. The molecule has 2 rings (SSSR count). The molecular formula is C12H14N2O2. The molecule has 0 unspecified atom stereocenters. The minimum atomic E-state index is 0.106. The number of carbonyl (C=O) groups excluding carboxylic acids is 1. The maximum absolute atomic E-state index is 11.5. The van der Waals surface area contributed by atoms with Crippen molar-refractivity contribution in [3.05, 3.63) is 35.3 Å². The summed E-state index contributed by atoms with van der Waals surface area (Å²) in [5, 5.41) is 3.01. The van der Waals surface area contributed by atoms with Gasteiger partial charge >= 0.3 is 0 Å². The number of fused-ring (bicyclic) bond motifs is 1. The number of nitrogens with two attached hydrogens (primary N) is 1. The molecule has 1 aliphatic heterocycles. The van der Waals surface area contributed by atoms with Crippen LogP contribution >= 0.6 is 0 Å². The third-order valence-electron chi connectivity index (χ3n) is 2.53. The SMILES string of the molecule is CCC(=O)c1ccc2c(c1)NC(N)=C(C)O2. The first kappa shape index (κ1) is 10.5. The molecule has 84 valence electrons. The molecule has 1 aliphatic rings. The molecule has 16 heavy (non-hydrogen) atoms. The zero-order chi connectivity index (χ0) is 11.7. The molecule has 0 aromatic heterocycles. The number of hydrogen-bond donors (Lipinski definition) is 2. The van der Waals surface area contributed by atoms with Crippen molar-refractivity contribution in [2.45, 2.75) is 20.3 Å². The number of ketones is 1. The van der Waals surface area contributed by atoms with Gasteiger partial charge in [0.1, 0.15) is 11.6 Å². The quantitative estimate of drug-likeness (QED) is 0.747. The van der Waals surface area contributed by atoms with E-state index in [1.165, 1.54) is 0 Å². The van der Waals surface area contributed by atoms with Gasteiger partial charge in [-0.2, -0.15) is 0 Å². The fraction of sp³-hybridized carbons (Fsp3) is 0.250. The Balaban J connectivity index is 2.37. The van der Waals surface area contributed by atoms with E-state index in [1.807, 2.05) is 6.92 Å². The number of ether oxygens (including phenoxy) is 1. The summed E-state index contributed by atoms with van der Waals surface area (Å²) >= 11 is 0. The number of Topliss-reactive ketones (excluding diaryl/α,β-unsaturated/α-hetero) is 1. The van der Waals surface area contributed by atoms with Crippen LogP contribution in [-0.4, -0.2) is 5.78 Å². The summed E-state index contributed by atoms with van der Waals surface area (Å²) in [4.78, 5) is 11.5. The van der Waals surface area contributed by atoms with Crippen molar-refractivity contribution in [1.29, 1.82) is 0 Å². The number of benzene rings is 1. The highest BCUT2D eigenvalue weighted by Gasteiger charge is 2.16. The Hall–Kier alpha value is -1.97. The highest BCUT2D eigenvalue weighted by Crippen LogP contribution is 2.32. The van der Waals surface area contributed by atoms with Gasteiger partial charge in [-0.15, -0.1) is 0 Å². The first-order valence-corrected chi connectivity index (χ1v) is 5.20. The van der Waals surface area contributed by atoms with Gasteiger partial charge in [0.05, 0.1) is 5.69 Å². The van der Waals surface area contributed by atoms with Crippen molar-refractivity contribution in [2.24, 2.45) is 5.73 Å². The van der Waals surface area contributed by atoms with Gasteiger partial charge in [0.15, 0.2) is 11.5 Å². The van der Waals surface area contributed by atoms with E-state index in [9.17, 15) is 4.79 Å². The van der Waals surface area contributed by atoms with Crippen molar-refractivity contribution in [3.8, 4) is 5.75 Å². The minimum absolute atomic E-state index is 0.106. The fourth-order valence-electron chi connectivity index (χ4n) is 1.55. The number of allylic oxidation sites excluding steroid dienone is 1. The number of rotatable bonds is 2. The third-order valence-corrected chi connectivity index (χ3v) is 2.53. The summed E-state index contributed by atoms with van der Waals surface area (Å²) in [5.74, 6) is 1.92. The van der Waals surface area contributed by atoms with Crippen LogP contribution in [-0.2, 0) is 0 Å². The van der Waals surface area contributed by atoms with E-state index in [0.717, 1.165) is 5.69 Å². The van der Waals surface area contributed by atoms with Crippen LogP contribution in [0.5, 0.6) is 5.75 Å². The average molecular weight is 218 g/mol. The lowest BCUT2D eigenvalue weighted by Crippen LogP contribution is -2.19. The molecule has 0 fully saturated rings. The smallest absolute Gasteiger partial charge is 0.162 e. The Morgan fingerprint density at radius 3 is 2.94 bits per heavy atom. The molecule has 0 saturated heterocycles. The first-order valence-electron chi connectivity index (χ1n) is 5.20. The van der Waals surface area contributed by atoms with Gasteiger partial charge in [0.25, 0.3) is 0 Å². The third kappa shape index (κ3) is 1.74. The minimum Gasteiger partial charge on any atom is -0.456 e. The monoisotopic (exact) mass is 218 g/mol. The van der Waals surface area contributed by atoms with Crippen LogP contribution < -0.4 is 15.8 Å². The van der Waals surface area contributed by atoms with Gasteiger partial charge in [-0.1, -0.05) is 6.92 Å². The Morgan fingerprint density at radius 2 is 2.25 bits per heavy atom. The number of hydrogen-bond acceptors (Lipinski definition) is 4. The standard InChI is InChI=1S/C12H14N2O2/c1-3-10(15)8-4-5-11-9(6-8)14-12(13)7(2)16-11/h4-6,14H,3,13H2,1-2H3. The van der Waals surface area contributed by atoms with Crippen molar-refractivity contribution in [1.82, 2.24) is 0 Å². The second-order valence-corrected chi connectivity index (χ2v) is 3.68. The van der Waals surface area contributed by atoms with Crippen LogP contribution in [0, 0.1) is 0 Å². The predicted molar refractivity (Wildman–Crippen MR) is 62.2 cm³/mol. The Bertz CT molecular complexity index is 478. The fourth-order valence-corrected chi connectivity index (χ4v) is 1.55. The Labute approximate surface area is 94.1 Å². The van der Waals surface area contributed by atoms with Crippen molar-refractivity contribution >= 4 is 11.5 Å². The van der Waals surface area contributed by atoms with Crippen molar-refractivity contribution < 1.29 is 9.53 Å². The van der Waals surface area contributed by atoms with Crippen LogP contribution in [0.2, 0.25) is 0 Å². The largest absolute Gasteiger partial charge is 0.456 e. The van der Waals surface area contributed by atoms with E-state index in [4.69, 9.17) is 10.5 Å². The molecule has 0 aliphatic carbocycles. The second-order valence-electron chi connectivity index (χ2n) is 3.68.